The third-order valence-corrected chi connectivity index (χ3v) is 4.98. The molecule has 180 valence electrons. The molecule has 1 aromatic rings. The van der Waals surface area contributed by atoms with Crippen LogP contribution in [0.2, 0.25) is 0 Å². The number of carbonyl (C=O) groups excluding carboxylic acids is 3. The van der Waals surface area contributed by atoms with E-state index in [1.165, 1.54) is 11.9 Å². The topological polar surface area (TPSA) is 108 Å². The van der Waals surface area contributed by atoms with Gasteiger partial charge in [-0.25, -0.2) is 4.79 Å². The van der Waals surface area contributed by atoms with E-state index >= 15 is 0 Å². The average molecular weight is 450 g/mol. The number of amides is 3. The summed E-state index contributed by atoms with van der Waals surface area (Å²) in [6.45, 7) is 13.0. The van der Waals surface area contributed by atoms with E-state index in [4.69, 9.17) is 4.74 Å². The molecule has 8 nitrogen and oxygen atoms in total. The number of phenols is 1. The molecule has 8 heteroatoms. The summed E-state index contributed by atoms with van der Waals surface area (Å²) in [5, 5.41) is 16.1. The summed E-state index contributed by atoms with van der Waals surface area (Å²) in [6.07, 6.45) is 0.996. The molecule has 0 bridgehead atoms. The molecule has 0 aromatic heterocycles. The number of carbonyl (C=O) groups is 3. The van der Waals surface area contributed by atoms with Crippen LogP contribution >= 0.6 is 0 Å². The Hall–Kier alpha value is -2.77. The summed E-state index contributed by atoms with van der Waals surface area (Å²) in [5.41, 5.74) is 0.215. The number of aromatic hydroxyl groups is 1. The minimum atomic E-state index is -1.05. The summed E-state index contributed by atoms with van der Waals surface area (Å²) in [6, 6.07) is 3.12. The molecule has 3 amide bonds. The third kappa shape index (κ3) is 7.73. The maximum atomic E-state index is 13.4. The zero-order chi connectivity index (χ0) is 24.6. The quantitative estimate of drug-likeness (QED) is 0.499. The first-order valence-corrected chi connectivity index (χ1v) is 11.1. The zero-order valence-corrected chi connectivity index (χ0v) is 20.6. The monoisotopic (exact) mass is 449 g/mol. The smallest absolute Gasteiger partial charge is 0.408 e. The van der Waals surface area contributed by atoms with Gasteiger partial charge in [-0.2, -0.15) is 0 Å². The first kappa shape index (κ1) is 27.3. The highest BCUT2D eigenvalue weighted by Crippen LogP contribution is 2.31. The Morgan fingerprint density at radius 3 is 2.34 bits per heavy atom. The van der Waals surface area contributed by atoms with Gasteiger partial charge in [0.15, 0.2) is 0 Å². The molecule has 0 aliphatic rings. The minimum Gasteiger partial charge on any atom is -0.507 e. The second-order valence-electron chi connectivity index (χ2n) is 9.38. The Bertz CT molecular complexity index is 801. The first-order valence-electron chi connectivity index (χ1n) is 11.1. The number of benzene rings is 1. The molecule has 0 radical (unpaired) electrons. The van der Waals surface area contributed by atoms with Crippen molar-refractivity contribution >= 4 is 17.9 Å². The Morgan fingerprint density at radius 2 is 1.81 bits per heavy atom. The normalized spacial score (nSPS) is 13.3. The predicted molar refractivity (Wildman–Crippen MR) is 124 cm³/mol. The van der Waals surface area contributed by atoms with Crippen molar-refractivity contribution in [2.45, 2.75) is 79.0 Å². The van der Waals surface area contributed by atoms with E-state index in [1.807, 2.05) is 6.92 Å². The van der Waals surface area contributed by atoms with Gasteiger partial charge in [0.2, 0.25) is 11.8 Å². The standard InChI is InChI=1S/C24H39N3O5/c1-9-10-14-25-21(29)19(17-13-11-12-16(4)20(17)28)27(8)22(30)18(15(2)3)26-23(31)32-24(5,6)7/h11-13,15,18-19,28H,9-10,14H2,1-8H3,(H,25,29)(H,26,31). The number of alkyl carbamates (subject to hydrolysis) is 1. The van der Waals surface area contributed by atoms with Crippen LogP contribution in [0.1, 0.15) is 71.6 Å². The van der Waals surface area contributed by atoms with Crippen molar-refractivity contribution in [2.24, 2.45) is 5.92 Å². The molecule has 0 fully saturated rings. The zero-order valence-electron chi connectivity index (χ0n) is 20.6. The number of aryl methyl sites for hydroxylation is 1. The molecule has 0 heterocycles. The van der Waals surface area contributed by atoms with Gasteiger partial charge in [0.05, 0.1) is 0 Å². The lowest BCUT2D eigenvalue weighted by Crippen LogP contribution is -2.53. The molecule has 1 rings (SSSR count). The van der Waals surface area contributed by atoms with E-state index in [1.54, 1.807) is 59.7 Å². The van der Waals surface area contributed by atoms with Gasteiger partial charge in [-0.1, -0.05) is 45.4 Å². The van der Waals surface area contributed by atoms with Crippen molar-refractivity contribution in [3.63, 3.8) is 0 Å². The number of hydrogen-bond acceptors (Lipinski definition) is 5. The molecule has 3 N–H and O–H groups in total. The maximum Gasteiger partial charge on any atom is 0.408 e. The van der Waals surface area contributed by atoms with Gasteiger partial charge in [0.1, 0.15) is 23.4 Å². The van der Waals surface area contributed by atoms with Gasteiger partial charge >= 0.3 is 6.09 Å². The summed E-state index contributed by atoms with van der Waals surface area (Å²) in [4.78, 5) is 40.1. The van der Waals surface area contributed by atoms with E-state index in [0.29, 0.717) is 17.7 Å². The summed E-state index contributed by atoms with van der Waals surface area (Å²) in [7, 11) is 1.50. The van der Waals surface area contributed by atoms with E-state index in [9.17, 15) is 19.5 Å². The lowest BCUT2D eigenvalue weighted by molar-refractivity contribution is -0.141. The average Bonchev–Trinajstić information content (AvgIpc) is 2.67. The van der Waals surface area contributed by atoms with Gasteiger partial charge in [0.25, 0.3) is 0 Å². The van der Waals surface area contributed by atoms with Crippen LogP contribution in [-0.4, -0.2) is 53.1 Å². The highest BCUT2D eigenvalue weighted by atomic mass is 16.6. The van der Waals surface area contributed by atoms with E-state index in [-0.39, 0.29) is 11.7 Å². The molecule has 0 saturated heterocycles. The fraction of sp³-hybridized carbons (Fsp3) is 0.625. The third-order valence-electron chi connectivity index (χ3n) is 4.98. The maximum absolute atomic E-state index is 13.4. The van der Waals surface area contributed by atoms with Gasteiger partial charge in [-0.15, -0.1) is 0 Å². The van der Waals surface area contributed by atoms with Crippen LogP contribution in [0.5, 0.6) is 5.75 Å². The lowest BCUT2D eigenvalue weighted by atomic mass is 9.97. The van der Waals surface area contributed by atoms with E-state index in [2.05, 4.69) is 10.6 Å². The van der Waals surface area contributed by atoms with Crippen molar-refractivity contribution < 1.29 is 24.2 Å². The number of rotatable bonds is 9. The van der Waals surface area contributed by atoms with Gasteiger partial charge in [-0.05, 0) is 45.6 Å². The molecule has 1 aromatic carbocycles. The summed E-state index contributed by atoms with van der Waals surface area (Å²) >= 11 is 0. The lowest BCUT2D eigenvalue weighted by Gasteiger charge is -2.33. The molecule has 0 spiro atoms. The molecule has 0 aliphatic carbocycles. The van der Waals surface area contributed by atoms with Crippen LogP contribution in [0, 0.1) is 12.8 Å². The predicted octanol–water partition coefficient (Wildman–Crippen LogP) is 3.67. The largest absolute Gasteiger partial charge is 0.507 e. The number of likely N-dealkylation sites (N-methyl/N-ethyl adjacent to an activating group) is 1. The molecular weight excluding hydrogens is 410 g/mol. The van der Waals surface area contributed by atoms with Crippen molar-refractivity contribution in [3.05, 3.63) is 29.3 Å². The summed E-state index contributed by atoms with van der Waals surface area (Å²) in [5.74, 6) is -1.14. The molecule has 2 atom stereocenters. The second-order valence-corrected chi connectivity index (χ2v) is 9.38. The number of unbranched alkanes of at least 4 members (excludes halogenated alkanes) is 1. The van der Waals surface area contributed by atoms with Gasteiger partial charge < -0.3 is 25.4 Å². The summed E-state index contributed by atoms with van der Waals surface area (Å²) < 4.78 is 5.30. The van der Waals surface area contributed by atoms with E-state index in [0.717, 1.165) is 12.8 Å². The van der Waals surface area contributed by atoms with Gasteiger partial charge in [0, 0.05) is 19.2 Å². The first-order chi connectivity index (χ1) is 14.8. The number of nitrogens with one attached hydrogen (secondary N) is 2. The number of phenolic OH excluding ortho intramolecular Hbond substituents is 1. The van der Waals surface area contributed by atoms with Crippen molar-refractivity contribution in [1.82, 2.24) is 15.5 Å². The fourth-order valence-electron chi connectivity index (χ4n) is 3.21. The van der Waals surface area contributed by atoms with Crippen LogP contribution < -0.4 is 10.6 Å². The molecule has 32 heavy (non-hydrogen) atoms. The van der Waals surface area contributed by atoms with Crippen LogP contribution in [0.3, 0.4) is 0 Å². The molecular formula is C24H39N3O5. The Kier molecular flexibility index (Phi) is 10.0. The van der Waals surface area contributed by atoms with Crippen molar-refractivity contribution in [1.29, 1.82) is 0 Å². The number of hydrogen-bond donors (Lipinski definition) is 3. The van der Waals surface area contributed by atoms with Crippen LogP contribution in [0.15, 0.2) is 18.2 Å². The Labute approximate surface area is 191 Å². The van der Waals surface area contributed by atoms with Crippen molar-refractivity contribution in [2.75, 3.05) is 13.6 Å². The SMILES string of the molecule is CCCCNC(=O)C(c1cccc(C)c1O)N(C)C(=O)C(NC(=O)OC(C)(C)C)C(C)C. The molecule has 0 saturated carbocycles. The molecule has 0 aliphatic heterocycles. The van der Waals surface area contributed by atoms with Gasteiger partial charge in [-0.3, -0.25) is 9.59 Å². The Morgan fingerprint density at radius 1 is 1.19 bits per heavy atom. The number of nitrogens with zero attached hydrogens (tertiary/aromatic N) is 1. The highest BCUT2D eigenvalue weighted by Gasteiger charge is 2.36. The van der Waals surface area contributed by atoms with E-state index < -0.39 is 35.6 Å². The number of para-hydroxylation sites is 1. The van der Waals surface area contributed by atoms with Crippen LogP contribution in [0.4, 0.5) is 4.79 Å². The minimum absolute atomic E-state index is 0.0380. The fourth-order valence-corrected chi connectivity index (χ4v) is 3.21. The highest BCUT2D eigenvalue weighted by molar-refractivity contribution is 5.92. The second kappa shape index (κ2) is 11.7. The molecule has 2 unspecified atom stereocenters. The van der Waals surface area contributed by atoms with Crippen LogP contribution in [0.25, 0.3) is 0 Å². The number of ether oxygens (including phenoxy) is 1. The Balaban J connectivity index is 3.26. The van der Waals surface area contributed by atoms with Crippen molar-refractivity contribution in [3.8, 4) is 5.75 Å². The van der Waals surface area contributed by atoms with Crippen LogP contribution in [-0.2, 0) is 14.3 Å².